The van der Waals surface area contributed by atoms with Crippen LogP contribution in [0.5, 0.6) is 0 Å². The molecule has 6 nitrogen and oxygen atoms in total. The Hall–Kier alpha value is -3.41. The van der Waals surface area contributed by atoms with E-state index in [0.717, 1.165) is 22.2 Å². The average molecular weight is 318 g/mol. The predicted octanol–water partition coefficient (Wildman–Crippen LogP) is 2.06. The number of nitrogens with one attached hydrogen (secondary N) is 2. The van der Waals surface area contributed by atoms with E-state index in [2.05, 4.69) is 15.3 Å². The first-order chi connectivity index (χ1) is 11.6. The highest BCUT2D eigenvalue weighted by Gasteiger charge is 2.22. The molecule has 1 aliphatic heterocycles. The molecule has 4 rings (SSSR count). The van der Waals surface area contributed by atoms with Gasteiger partial charge >= 0.3 is 0 Å². The fraction of sp³-hybridized carbons (Fsp3) is 0.0556. The van der Waals surface area contributed by atoms with Crippen molar-refractivity contribution in [2.24, 2.45) is 10.7 Å². The van der Waals surface area contributed by atoms with Gasteiger partial charge in [0, 0.05) is 22.0 Å². The first-order valence-corrected chi connectivity index (χ1v) is 7.49. The number of fused-ring (bicyclic) bond motifs is 3. The van der Waals surface area contributed by atoms with E-state index >= 15 is 0 Å². The van der Waals surface area contributed by atoms with Crippen LogP contribution in [0.15, 0.2) is 53.5 Å². The van der Waals surface area contributed by atoms with E-state index in [1.54, 1.807) is 18.2 Å². The van der Waals surface area contributed by atoms with Gasteiger partial charge in [0.05, 0.1) is 17.1 Å². The summed E-state index contributed by atoms with van der Waals surface area (Å²) in [6, 6.07) is 14.6. The van der Waals surface area contributed by atoms with Gasteiger partial charge in [0.2, 0.25) is 11.8 Å². The second-order valence-corrected chi connectivity index (χ2v) is 5.58. The van der Waals surface area contributed by atoms with E-state index in [0.29, 0.717) is 17.0 Å². The number of benzene rings is 2. The topological polar surface area (TPSA) is 100 Å². The molecule has 0 saturated carbocycles. The molecular weight excluding hydrogens is 304 g/mol. The average Bonchev–Trinajstić information content (AvgIpc) is 2.85. The molecular formula is C18H14N4O2. The molecule has 0 unspecified atom stereocenters. The smallest absolute Gasteiger partial charge is 0.248 e. The number of aromatic nitrogens is 1. The fourth-order valence-corrected chi connectivity index (χ4v) is 2.91. The number of nitrogens with zero attached hydrogens (tertiary/aromatic N) is 1. The Morgan fingerprint density at radius 1 is 1.12 bits per heavy atom. The minimum Gasteiger partial charge on any atom is -0.366 e. The number of aliphatic imine (C=N–C) groups is 1. The van der Waals surface area contributed by atoms with Gasteiger partial charge in [-0.15, -0.1) is 0 Å². The van der Waals surface area contributed by atoms with E-state index in [1.165, 1.54) is 0 Å². The minimum absolute atomic E-state index is 0.0208. The Labute approximate surface area is 137 Å². The van der Waals surface area contributed by atoms with Gasteiger partial charge in [-0.1, -0.05) is 30.3 Å². The van der Waals surface area contributed by atoms with E-state index in [4.69, 9.17) is 5.73 Å². The van der Waals surface area contributed by atoms with Gasteiger partial charge < -0.3 is 16.0 Å². The highest BCUT2D eigenvalue weighted by atomic mass is 16.2. The van der Waals surface area contributed by atoms with Gasteiger partial charge in [-0.2, -0.15) is 0 Å². The number of amides is 2. The second-order valence-electron chi connectivity index (χ2n) is 5.58. The van der Waals surface area contributed by atoms with Gasteiger partial charge in [-0.25, -0.2) is 0 Å². The highest BCUT2D eigenvalue weighted by Crippen LogP contribution is 2.31. The van der Waals surface area contributed by atoms with Crippen molar-refractivity contribution in [2.45, 2.75) is 0 Å². The number of primary amides is 1. The standard InChI is InChI=1S/C18H14N4O2/c19-18(24)11-5-3-4-10(8-11)15-17-16(22-14(23)9-20-15)12-6-1-2-7-13(12)21-17/h1-8,21H,9H2,(H2,19,24)(H,22,23). The summed E-state index contributed by atoms with van der Waals surface area (Å²) in [6.07, 6.45) is 0. The van der Waals surface area contributed by atoms with E-state index in [1.807, 2.05) is 30.3 Å². The van der Waals surface area contributed by atoms with Crippen LogP contribution in [0.4, 0.5) is 5.69 Å². The second kappa shape index (κ2) is 5.34. The summed E-state index contributed by atoms with van der Waals surface area (Å²) in [7, 11) is 0. The van der Waals surface area contributed by atoms with E-state index in [-0.39, 0.29) is 12.5 Å². The summed E-state index contributed by atoms with van der Waals surface area (Å²) in [5.41, 5.74) is 9.46. The number of nitrogens with two attached hydrogens (primary N) is 1. The maximum absolute atomic E-state index is 12.0. The molecule has 24 heavy (non-hydrogen) atoms. The fourth-order valence-electron chi connectivity index (χ4n) is 2.91. The van der Waals surface area contributed by atoms with Crippen molar-refractivity contribution in [1.82, 2.24) is 4.98 Å². The van der Waals surface area contributed by atoms with Crippen LogP contribution < -0.4 is 11.1 Å². The predicted molar refractivity (Wildman–Crippen MR) is 92.4 cm³/mol. The summed E-state index contributed by atoms with van der Waals surface area (Å²) >= 11 is 0. The first-order valence-electron chi connectivity index (χ1n) is 7.49. The molecule has 118 valence electrons. The lowest BCUT2D eigenvalue weighted by Gasteiger charge is -2.07. The molecule has 1 aromatic heterocycles. The van der Waals surface area contributed by atoms with Crippen LogP contribution >= 0.6 is 0 Å². The molecule has 0 radical (unpaired) electrons. The number of para-hydroxylation sites is 1. The summed E-state index contributed by atoms with van der Waals surface area (Å²) in [5.74, 6) is -0.681. The van der Waals surface area contributed by atoms with Crippen LogP contribution in [0.3, 0.4) is 0 Å². The number of aromatic amines is 1. The van der Waals surface area contributed by atoms with Gasteiger partial charge in [0.25, 0.3) is 0 Å². The Morgan fingerprint density at radius 2 is 1.96 bits per heavy atom. The molecule has 0 fully saturated rings. The quantitative estimate of drug-likeness (QED) is 0.673. The molecule has 0 atom stereocenters. The maximum Gasteiger partial charge on any atom is 0.248 e. The number of anilines is 1. The molecule has 2 heterocycles. The minimum atomic E-state index is -0.503. The van der Waals surface area contributed by atoms with Crippen molar-refractivity contribution < 1.29 is 9.59 Å². The number of rotatable bonds is 2. The Balaban J connectivity index is 1.95. The zero-order valence-electron chi connectivity index (χ0n) is 12.7. The molecule has 0 spiro atoms. The number of carbonyl (C=O) groups is 2. The van der Waals surface area contributed by atoms with Crippen LogP contribution in [0.2, 0.25) is 0 Å². The van der Waals surface area contributed by atoms with Crippen LogP contribution in [-0.4, -0.2) is 29.1 Å². The zero-order chi connectivity index (χ0) is 16.7. The lowest BCUT2D eigenvalue weighted by atomic mass is 10.0. The van der Waals surface area contributed by atoms with Crippen LogP contribution in [0.1, 0.15) is 21.6 Å². The Morgan fingerprint density at radius 3 is 2.79 bits per heavy atom. The Bertz CT molecular complexity index is 1020. The van der Waals surface area contributed by atoms with Crippen molar-refractivity contribution in [3.63, 3.8) is 0 Å². The van der Waals surface area contributed by atoms with Crippen molar-refractivity contribution in [3.05, 3.63) is 65.4 Å². The molecule has 2 amide bonds. The highest BCUT2D eigenvalue weighted by molar-refractivity contribution is 6.23. The van der Waals surface area contributed by atoms with Crippen LogP contribution in [0, 0.1) is 0 Å². The van der Waals surface area contributed by atoms with Crippen molar-refractivity contribution in [2.75, 3.05) is 11.9 Å². The largest absolute Gasteiger partial charge is 0.366 e. The molecule has 0 bridgehead atoms. The van der Waals surface area contributed by atoms with Crippen molar-refractivity contribution in [1.29, 1.82) is 0 Å². The number of hydrogen-bond acceptors (Lipinski definition) is 3. The maximum atomic E-state index is 12.0. The zero-order valence-corrected chi connectivity index (χ0v) is 12.7. The molecule has 4 N–H and O–H groups in total. The molecule has 0 saturated heterocycles. The lowest BCUT2D eigenvalue weighted by molar-refractivity contribution is -0.114. The summed E-state index contributed by atoms with van der Waals surface area (Å²) < 4.78 is 0. The first kappa shape index (κ1) is 14.2. The van der Waals surface area contributed by atoms with E-state index < -0.39 is 5.91 Å². The lowest BCUT2D eigenvalue weighted by Crippen LogP contribution is -2.13. The Kier molecular flexibility index (Phi) is 3.16. The number of H-pyrrole nitrogens is 1. The summed E-state index contributed by atoms with van der Waals surface area (Å²) in [4.78, 5) is 31.2. The summed E-state index contributed by atoms with van der Waals surface area (Å²) in [5, 5.41) is 3.82. The van der Waals surface area contributed by atoms with Gasteiger partial charge in [-0.05, 0) is 18.2 Å². The molecule has 2 aromatic carbocycles. The van der Waals surface area contributed by atoms with Gasteiger partial charge in [-0.3, -0.25) is 14.6 Å². The van der Waals surface area contributed by atoms with Gasteiger partial charge in [0.15, 0.2) is 0 Å². The van der Waals surface area contributed by atoms with Crippen LogP contribution in [0.25, 0.3) is 10.9 Å². The van der Waals surface area contributed by atoms with E-state index in [9.17, 15) is 9.59 Å². The van der Waals surface area contributed by atoms with Crippen LogP contribution in [-0.2, 0) is 4.79 Å². The molecule has 3 aromatic rings. The number of carbonyl (C=O) groups excluding carboxylic acids is 2. The number of hydrogen-bond donors (Lipinski definition) is 3. The summed E-state index contributed by atoms with van der Waals surface area (Å²) in [6.45, 7) is 0.0208. The van der Waals surface area contributed by atoms with Gasteiger partial charge in [0.1, 0.15) is 6.54 Å². The third kappa shape index (κ3) is 2.25. The SMILES string of the molecule is NC(=O)c1cccc(C2=NCC(=O)Nc3c2[nH]c2ccccc32)c1. The molecule has 1 aliphatic rings. The molecule has 6 heteroatoms. The van der Waals surface area contributed by atoms with Crippen molar-refractivity contribution in [3.8, 4) is 0 Å². The molecule has 0 aliphatic carbocycles. The third-order valence-electron chi connectivity index (χ3n) is 4.01. The third-order valence-corrected chi connectivity index (χ3v) is 4.01. The van der Waals surface area contributed by atoms with Crippen molar-refractivity contribution >= 4 is 34.1 Å². The monoisotopic (exact) mass is 318 g/mol. The normalized spacial score (nSPS) is 13.8.